The van der Waals surface area contributed by atoms with Gasteiger partial charge >= 0.3 is 7.12 Å². The van der Waals surface area contributed by atoms with Crippen LogP contribution in [0.1, 0.15) is 15.9 Å². The van der Waals surface area contributed by atoms with Gasteiger partial charge in [0.05, 0.1) is 0 Å². The molecule has 0 aliphatic heterocycles. The molecule has 0 saturated heterocycles. The molecule has 0 aliphatic rings. The Hall–Kier alpha value is -2.64. The van der Waals surface area contributed by atoms with Crippen LogP contribution in [0.2, 0.25) is 0 Å². The van der Waals surface area contributed by atoms with Gasteiger partial charge in [0.15, 0.2) is 11.0 Å². The second-order valence-electron chi connectivity index (χ2n) is 5.11. The molecule has 0 saturated carbocycles. The Bertz CT molecular complexity index is 828. The first-order chi connectivity index (χ1) is 10.5. The number of carbonyl (C=O) groups is 1. The van der Waals surface area contributed by atoms with E-state index in [4.69, 9.17) is 15.8 Å². The highest BCUT2D eigenvalue weighted by Gasteiger charge is 2.14. The Labute approximate surface area is 127 Å². The molecule has 0 spiro atoms. The van der Waals surface area contributed by atoms with Gasteiger partial charge in [0.2, 0.25) is 12.2 Å². The summed E-state index contributed by atoms with van der Waals surface area (Å²) in [5, 5.41) is 18.2. The van der Waals surface area contributed by atoms with Crippen molar-refractivity contribution in [2.24, 2.45) is 5.73 Å². The lowest BCUT2D eigenvalue weighted by molar-refractivity contribution is -0.662. The van der Waals surface area contributed by atoms with Crippen LogP contribution >= 0.6 is 0 Å². The average Bonchev–Trinajstić information content (AvgIpc) is 2.90. The number of primary amides is 1. The van der Waals surface area contributed by atoms with E-state index >= 15 is 0 Å². The van der Waals surface area contributed by atoms with Gasteiger partial charge in [0.25, 0.3) is 0 Å². The molecule has 110 valence electrons. The molecule has 0 bridgehead atoms. The lowest BCUT2D eigenvalue weighted by Crippen LogP contribution is -2.33. The van der Waals surface area contributed by atoms with Crippen molar-refractivity contribution in [3.8, 4) is 0 Å². The third-order valence-corrected chi connectivity index (χ3v) is 3.60. The predicted molar refractivity (Wildman–Crippen MR) is 82.4 cm³/mol. The van der Waals surface area contributed by atoms with Crippen molar-refractivity contribution >= 4 is 29.5 Å². The van der Waals surface area contributed by atoms with Crippen LogP contribution in [0.4, 0.5) is 0 Å². The van der Waals surface area contributed by atoms with Crippen molar-refractivity contribution < 1.29 is 19.4 Å². The second kappa shape index (κ2) is 5.63. The van der Waals surface area contributed by atoms with Crippen molar-refractivity contribution in [1.82, 2.24) is 4.98 Å². The van der Waals surface area contributed by atoms with Gasteiger partial charge in [0, 0.05) is 11.6 Å². The molecule has 6 nitrogen and oxygen atoms in total. The number of nitrogens with one attached hydrogen (secondary N) is 1. The monoisotopic (exact) mass is 296 g/mol. The summed E-state index contributed by atoms with van der Waals surface area (Å²) < 4.78 is 1.96. The van der Waals surface area contributed by atoms with Crippen LogP contribution in [0.15, 0.2) is 48.8 Å². The number of imidazole rings is 1. The number of carbonyl (C=O) groups excluding carboxylic acids is 1. The standard InChI is InChI=1S/C15H14BN3O3/c17-15(20)11-3-6-13-14(7-11)19(9-18-13)8-10-1-4-12(5-2-10)16(21)22/h1-7,9,21-22H,8H2,(H2,17,20)/p+1. The Morgan fingerprint density at radius 2 is 1.91 bits per heavy atom. The molecule has 7 heteroatoms. The molecule has 0 radical (unpaired) electrons. The van der Waals surface area contributed by atoms with E-state index in [0.717, 1.165) is 16.6 Å². The molecule has 0 unspecified atom stereocenters. The summed E-state index contributed by atoms with van der Waals surface area (Å²) in [6, 6.07) is 12.3. The number of amides is 1. The fourth-order valence-electron chi connectivity index (χ4n) is 2.38. The van der Waals surface area contributed by atoms with Crippen LogP contribution in [0.3, 0.4) is 0 Å². The molecular formula is C15H15BN3O3+. The van der Waals surface area contributed by atoms with E-state index in [1.165, 1.54) is 0 Å². The largest absolute Gasteiger partial charge is 0.488 e. The molecule has 0 aliphatic carbocycles. The number of hydrogen-bond donors (Lipinski definition) is 4. The Kier molecular flexibility index (Phi) is 3.66. The lowest BCUT2D eigenvalue weighted by atomic mass is 9.80. The normalized spacial score (nSPS) is 10.8. The van der Waals surface area contributed by atoms with Gasteiger partial charge in [-0.15, -0.1) is 0 Å². The third-order valence-electron chi connectivity index (χ3n) is 3.60. The average molecular weight is 296 g/mol. The molecule has 1 amide bonds. The number of nitrogens with two attached hydrogens (primary N) is 1. The Balaban J connectivity index is 1.93. The molecule has 0 fully saturated rings. The molecule has 0 atom stereocenters. The minimum absolute atomic E-state index is 0.448. The van der Waals surface area contributed by atoms with Crippen LogP contribution in [0.25, 0.3) is 11.0 Å². The number of rotatable bonds is 4. The number of aromatic amines is 1. The zero-order chi connectivity index (χ0) is 15.7. The van der Waals surface area contributed by atoms with E-state index < -0.39 is 13.0 Å². The van der Waals surface area contributed by atoms with Crippen molar-refractivity contribution in [3.05, 3.63) is 59.9 Å². The predicted octanol–water partition coefficient (Wildman–Crippen LogP) is -0.718. The number of aromatic nitrogens is 2. The smallest absolute Gasteiger partial charge is 0.423 e. The van der Waals surface area contributed by atoms with Crippen LogP contribution in [-0.4, -0.2) is 28.1 Å². The molecule has 1 aromatic heterocycles. The van der Waals surface area contributed by atoms with E-state index in [0.29, 0.717) is 17.6 Å². The molecule has 3 rings (SSSR count). The van der Waals surface area contributed by atoms with Gasteiger partial charge in [-0.3, -0.25) is 4.79 Å². The molecule has 5 N–H and O–H groups in total. The fourth-order valence-corrected chi connectivity index (χ4v) is 2.38. The molecular weight excluding hydrogens is 281 g/mol. The summed E-state index contributed by atoms with van der Waals surface area (Å²) in [6.07, 6.45) is 1.82. The lowest BCUT2D eigenvalue weighted by Gasteiger charge is -2.02. The van der Waals surface area contributed by atoms with E-state index in [-0.39, 0.29) is 0 Å². The Morgan fingerprint density at radius 1 is 1.18 bits per heavy atom. The highest BCUT2D eigenvalue weighted by atomic mass is 16.4. The summed E-state index contributed by atoms with van der Waals surface area (Å²) >= 11 is 0. The van der Waals surface area contributed by atoms with Crippen LogP contribution < -0.4 is 15.8 Å². The summed E-state index contributed by atoms with van der Waals surface area (Å²) in [5.41, 5.74) is 9.01. The number of benzene rings is 2. The topological polar surface area (TPSA) is 103 Å². The maximum Gasteiger partial charge on any atom is 0.488 e. The second-order valence-corrected chi connectivity index (χ2v) is 5.11. The first-order valence-electron chi connectivity index (χ1n) is 6.80. The minimum Gasteiger partial charge on any atom is -0.423 e. The third kappa shape index (κ3) is 2.72. The highest BCUT2D eigenvalue weighted by molar-refractivity contribution is 6.58. The number of hydrogen-bond acceptors (Lipinski definition) is 3. The van der Waals surface area contributed by atoms with Crippen LogP contribution in [0.5, 0.6) is 0 Å². The van der Waals surface area contributed by atoms with Gasteiger partial charge in [0.1, 0.15) is 6.54 Å². The quantitative estimate of drug-likeness (QED) is 0.377. The zero-order valence-corrected chi connectivity index (χ0v) is 11.7. The SMILES string of the molecule is NC(=O)c1ccc2[nH]c[n+](Cc3ccc(B(O)O)cc3)c2c1. The van der Waals surface area contributed by atoms with Gasteiger partial charge in [-0.1, -0.05) is 24.3 Å². The van der Waals surface area contributed by atoms with E-state index in [9.17, 15) is 4.79 Å². The molecule has 22 heavy (non-hydrogen) atoms. The van der Waals surface area contributed by atoms with E-state index in [1.807, 2.05) is 29.1 Å². The zero-order valence-electron chi connectivity index (χ0n) is 11.7. The summed E-state index contributed by atoms with van der Waals surface area (Å²) in [4.78, 5) is 14.4. The van der Waals surface area contributed by atoms with Gasteiger partial charge in [-0.05, 0) is 23.2 Å². The van der Waals surface area contributed by atoms with E-state index in [2.05, 4.69) is 4.98 Å². The summed E-state index contributed by atoms with van der Waals surface area (Å²) in [6.45, 7) is 0.587. The first kappa shape index (κ1) is 14.3. The molecule has 3 aromatic rings. The maximum absolute atomic E-state index is 11.3. The van der Waals surface area contributed by atoms with Gasteiger partial charge in [-0.25, -0.2) is 9.55 Å². The molecule has 1 heterocycles. The minimum atomic E-state index is -1.46. The highest BCUT2D eigenvalue weighted by Crippen LogP contribution is 2.11. The summed E-state index contributed by atoms with van der Waals surface area (Å²) in [7, 11) is -1.46. The first-order valence-corrected chi connectivity index (χ1v) is 6.80. The van der Waals surface area contributed by atoms with Crippen LogP contribution in [0, 0.1) is 0 Å². The van der Waals surface area contributed by atoms with Crippen molar-refractivity contribution in [1.29, 1.82) is 0 Å². The maximum atomic E-state index is 11.3. The fraction of sp³-hybridized carbons (Fsp3) is 0.0667. The van der Waals surface area contributed by atoms with Gasteiger partial charge in [-0.2, -0.15) is 0 Å². The number of H-pyrrole nitrogens is 1. The van der Waals surface area contributed by atoms with Crippen molar-refractivity contribution in [2.45, 2.75) is 6.54 Å². The summed E-state index contributed by atoms with van der Waals surface area (Å²) in [5.74, 6) is -0.462. The number of fused-ring (bicyclic) bond motifs is 1. The molecule has 2 aromatic carbocycles. The number of nitrogens with zero attached hydrogens (tertiary/aromatic N) is 1. The van der Waals surface area contributed by atoms with Crippen LogP contribution in [-0.2, 0) is 6.54 Å². The van der Waals surface area contributed by atoms with Crippen molar-refractivity contribution in [3.63, 3.8) is 0 Å². The van der Waals surface area contributed by atoms with E-state index in [1.54, 1.807) is 24.3 Å². The van der Waals surface area contributed by atoms with Gasteiger partial charge < -0.3 is 15.8 Å². The van der Waals surface area contributed by atoms with Crippen molar-refractivity contribution in [2.75, 3.05) is 0 Å². The Morgan fingerprint density at radius 3 is 2.55 bits per heavy atom.